The van der Waals surface area contributed by atoms with E-state index in [0.717, 1.165) is 6.42 Å². The zero-order valence-electron chi connectivity index (χ0n) is 11.4. The van der Waals surface area contributed by atoms with Gasteiger partial charge in [-0.2, -0.15) is 0 Å². The van der Waals surface area contributed by atoms with Crippen LogP contribution in [0.3, 0.4) is 0 Å². The Balaban J connectivity index is 1.76. The molecule has 108 valence electrons. The largest absolute Gasteiger partial charge is 0.497 e. The summed E-state index contributed by atoms with van der Waals surface area (Å²) in [5.74, 6) is 0.657. The molecule has 1 fully saturated rings. The van der Waals surface area contributed by atoms with Gasteiger partial charge in [0.05, 0.1) is 13.7 Å². The molecule has 1 aliphatic heterocycles. The van der Waals surface area contributed by atoms with Crippen LogP contribution in [0.4, 0.5) is 5.69 Å². The summed E-state index contributed by atoms with van der Waals surface area (Å²) >= 11 is 0. The highest BCUT2D eigenvalue weighted by Gasteiger charge is 2.17. The molecular weight excluding hydrogens is 258 g/mol. The van der Waals surface area contributed by atoms with Crippen LogP contribution in [0, 0.1) is 0 Å². The number of anilines is 1. The molecule has 6 heteroatoms. The van der Waals surface area contributed by atoms with E-state index in [9.17, 15) is 9.59 Å². The number of hydrogen-bond donors (Lipinski definition) is 3. The number of carbonyl (C=O) groups excluding carboxylic acids is 2. The maximum Gasteiger partial charge on any atom is 0.238 e. The Hall–Kier alpha value is -2.08. The maximum atomic E-state index is 11.8. The maximum absolute atomic E-state index is 11.8. The van der Waals surface area contributed by atoms with Gasteiger partial charge in [0.25, 0.3) is 0 Å². The molecule has 2 rings (SSSR count). The summed E-state index contributed by atoms with van der Waals surface area (Å²) in [6.45, 7) is 0.795. The van der Waals surface area contributed by atoms with Crippen molar-refractivity contribution >= 4 is 17.5 Å². The second-order valence-electron chi connectivity index (χ2n) is 4.70. The number of hydrogen-bond acceptors (Lipinski definition) is 4. The van der Waals surface area contributed by atoms with Crippen molar-refractivity contribution in [3.63, 3.8) is 0 Å². The molecule has 0 aromatic heterocycles. The molecule has 20 heavy (non-hydrogen) atoms. The highest BCUT2D eigenvalue weighted by Crippen LogP contribution is 2.16. The lowest BCUT2D eigenvalue weighted by molar-refractivity contribution is -0.122. The Kier molecular flexibility index (Phi) is 4.95. The summed E-state index contributed by atoms with van der Waals surface area (Å²) in [5.41, 5.74) is 0.702. The smallest absolute Gasteiger partial charge is 0.238 e. The van der Waals surface area contributed by atoms with E-state index in [1.54, 1.807) is 19.2 Å². The average Bonchev–Trinajstić information content (AvgIpc) is 2.47. The van der Waals surface area contributed by atoms with Crippen molar-refractivity contribution in [3.05, 3.63) is 24.3 Å². The van der Waals surface area contributed by atoms with Gasteiger partial charge < -0.3 is 20.7 Å². The van der Waals surface area contributed by atoms with Gasteiger partial charge in [-0.15, -0.1) is 0 Å². The van der Waals surface area contributed by atoms with Gasteiger partial charge in [0, 0.05) is 30.8 Å². The Bertz CT molecular complexity index is 480. The van der Waals surface area contributed by atoms with Crippen LogP contribution in [-0.4, -0.2) is 38.1 Å². The molecule has 1 atom stereocenters. The molecule has 1 aromatic carbocycles. The van der Waals surface area contributed by atoms with Crippen molar-refractivity contribution < 1.29 is 14.3 Å². The van der Waals surface area contributed by atoms with Crippen LogP contribution in [0.2, 0.25) is 0 Å². The standard InChI is InChI=1S/C14H19N3O3/c1-20-12-4-2-3-10(7-12)17-14(19)9-15-11-5-6-13(18)16-8-11/h2-4,7,11,15H,5-6,8-9H2,1H3,(H,16,18)(H,17,19). The van der Waals surface area contributed by atoms with Crippen molar-refractivity contribution in [3.8, 4) is 5.75 Å². The Morgan fingerprint density at radius 2 is 2.35 bits per heavy atom. The molecule has 6 nitrogen and oxygen atoms in total. The first-order valence-electron chi connectivity index (χ1n) is 6.61. The minimum atomic E-state index is -0.116. The minimum absolute atomic E-state index is 0.0730. The van der Waals surface area contributed by atoms with Gasteiger partial charge >= 0.3 is 0 Å². The highest BCUT2D eigenvalue weighted by atomic mass is 16.5. The highest BCUT2D eigenvalue weighted by molar-refractivity contribution is 5.92. The van der Waals surface area contributed by atoms with Crippen molar-refractivity contribution in [2.75, 3.05) is 25.5 Å². The van der Waals surface area contributed by atoms with E-state index in [1.165, 1.54) is 0 Å². The summed E-state index contributed by atoms with van der Waals surface area (Å²) in [7, 11) is 1.58. The minimum Gasteiger partial charge on any atom is -0.497 e. The van der Waals surface area contributed by atoms with Gasteiger partial charge in [-0.3, -0.25) is 9.59 Å². The molecule has 0 saturated carbocycles. The average molecular weight is 277 g/mol. The van der Waals surface area contributed by atoms with Gasteiger partial charge in [0.2, 0.25) is 11.8 Å². The predicted octanol–water partition coefficient (Wildman–Crippen LogP) is 0.502. The van der Waals surface area contributed by atoms with Gasteiger partial charge in [0.15, 0.2) is 0 Å². The lowest BCUT2D eigenvalue weighted by atomic mass is 10.1. The van der Waals surface area contributed by atoms with Crippen LogP contribution >= 0.6 is 0 Å². The number of nitrogens with one attached hydrogen (secondary N) is 3. The molecule has 0 bridgehead atoms. The molecule has 1 aromatic rings. The van der Waals surface area contributed by atoms with Gasteiger partial charge in [0.1, 0.15) is 5.75 Å². The molecule has 1 heterocycles. The van der Waals surface area contributed by atoms with E-state index >= 15 is 0 Å². The summed E-state index contributed by atoms with van der Waals surface area (Å²) < 4.78 is 5.09. The van der Waals surface area contributed by atoms with Crippen LogP contribution < -0.4 is 20.7 Å². The number of benzene rings is 1. The molecule has 0 radical (unpaired) electrons. The first kappa shape index (κ1) is 14.3. The van der Waals surface area contributed by atoms with Crippen molar-refractivity contribution in [1.29, 1.82) is 0 Å². The van der Waals surface area contributed by atoms with Crippen LogP contribution in [0.5, 0.6) is 5.75 Å². The molecule has 0 spiro atoms. The quantitative estimate of drug-likeness (QED) is 0.732. The molecule has 1 saturated heterocycles. The third kappa shape index (κ3) is 4.24. The normalized spacial score (nSPS) is 18.2. The van der Waals surface area contributed by atoms with E-state index in [4.69, 9.17) is 4.74 Å². The van der Waals surface area contributed by atoms with Crippen molar-refractivity contribution in [1.82, 2.24) is 10.6 Å². The molecule has 1 aliphatic rings. The fourth-order valence-corrected chi connectivity index (χ4v) is 2.05. The summed E-state index contributed by atoms with van der Waals surface area (Å²) in [6.07, 6.45) is 1.27. The number of piperidine rings is 1. The van der Waals surface area contributed by atoms with E-state index in [1.807, 2.05) is 12.1 Å². The van der Waals surface area contributed by atoms with Gasteiger partial charge in [-0.25, -0.2) is 0 Å². The van der Waals surface area contributed by atoms with Gasteiger partial charge in [-0.1, -0.05) is 6.07 Å². The summed E-state index contributed by atoms with van der Waals surface area (Å²) in [6, 6.07) is 7.36. The zero-order valence-corrected chi connectivity index (χ0v) is 11.4. The lowest BCUT2D eigenvalue weighted by Gasteiger charge is -2.23. The topological polar surface area (TPSA) is 79.5 Å². The number of ether oxygens (including phenoxy) is 1. The fourth-order valence-electron chi connectivity index (χ4n) is 2.05. The number of amides is 2. The third-order valence-corrected chi connectivity index (χ3v) is 3.17. The SMILES string of the molecule is COc1cccc(NC(=O)CNC2CCC(=O)NC2)c1. The first-order valence-corrected chi connectivity index (χ1v) is 6.61. The molecular formula is C14H19N3O3. The van der Waals surface area contributed by atoms with Crippen LogP contribution in [0.25, 0.3) is 0 Å². The number of methoxy groups -OCH3 is 1. The van der Waals surface area contributed by atoms with E-state index in [2.05, 4.69) is 16.0 Å². The Morgan fingerprint density at radius 3 is 3.05 bits per heavy atom. The van der Waals surface area contributed by atoms with Gasteiger partial charge in [-0.05, 0) is 18.6 Å². The number of carbonyl (C=O) groups is 2. The van der Waals surface area contributed by atoms with E-state index in [-0.39, 0.29) is 24.4 Å². The van der Waals surface area contributed by atoms with Crippen LogP contribution in [0.15, 0.2) is 24.3 Å². The second-order valence-corrected chi connectivity index (χ2v) is 4.70. The predicted molar refractivity (Wildman–Crippen MR) is 75.7 cm³/mol. The second kappa shape index (κ2) is 6.91. The molecule has 2 amide bonds. The Morgan fingerprint density at radius 1 is 1.50 bits per heavy atom. The molecule has 1 unspecified atom stereocenters. The zero-order chi connectivity index (χ0) is 14.4. The van der Waals surface area contributed by atoms with E-state index in [0.29, 0.717) is 24.4 Å². The monoisotopic (exact) mass is 277 g/mol. The summed E-state index contributed by atoms with van der Waals surface area (Å²) in [5, 5.41) is 8.70. The fraction of sp³-hybridized carbons (Fsp3) is 0.429. The van der Waals surface area contributed by atoms with Crippen molar-refractivity contribution in [2.45, 2.75) is 18.9 Å². The lowest BCUT2D eigenvalue weighted by Crippen LogP contribution is -2.47. The molecule has 3 N–H and O–H groups in total. The number of rotatable bonds is 5. The van der Waals surface area contributed by atoms with Crippen LogP contribution in [0.1, 0.15) is 12.8 Å². The van der Waals surface area contributed by atoms with E-state index < -0.39 is 0 Å². The summed E-state index contributed by atoms with van der Waals surface area (Å²) in [4.78, 5) is 22.8. The molecule has 0 aliphatic carbocycles. The van der Waals surface area contributed by atoms with Crippen molar-refractivity contribution in [2.24, 2.45) is 0 Å². The third-order valence-electron chi connectivity index (χ3n) is 3.17. The Labute approximate surface area is 117 Å². The first-order chi connectivity index (χ1) is 9.67. The van der Waals surface area contributed by atoms with Crippen LogP contribution in [-0.2, 0) is 9.59 Å².